The maximum absolute atomic E-state index is 13.0. The van der Waals surface area contributed by atoms with Crippen molar-refractivity contribution in [3.63, 3.8) is 0 Å². The lowest BCUT2D eigenvalue weighted by molar-refractivity contribution is -0.136. The van der Waals surface area contributed by atoms with Crippen molar-refractivity contribution < 1.29 is 19.2 Å². The van der Waals surface area contributed by atoms with E-state index in [1.54, 1.807) is 12.1 Å². The van der Waals surface area contributed by atoms with Crippen molar-refractivity contribution >= 4 is 29.3 Å². The molecule has 3 fully saturated rings. The summed E-state index contributed by atoms with van der Waals surface area (Å²) in [4.78, 5) is 52.8. The molecule has 2 saturated heterocycles. The highest BCUT2D eigenvalue weighted by molar-refractivity contribution is 6.23. The van der Waals surface area contributed by atoms with Gasteiger partial charge in [0.1, 0.15) is 6.04 Å². The van der Waals surface area contributed by atoms with Crippen LogP contribution in [0.3, 0.4) is 0 Å². The first-order chi connectivity index (χ1) is 13.9. The molecule has 5 rings (SSSR count). The Bertz CT molecular complexity index is 945. The molecule has 3 atom stereocenters. The van der Waals surface area contributed by atoms with Gasteiger partial charge in [0, 0.05) is 30.6 Å². The van der Waals surface area contributed by atoms with E-state index in [4.69, 9.17) is 5.73 Å². The van der Waals surface area contributed by atoms with E-state index in [2.05, 4.69) is 10.2 Å². The molecule has 3 N–H and O–H groups in total. The molecule has 1 aliphatic carbocycles. The first-order valence-electron chi connectivity index (χ1n) is 10.2. The third kappa shape index (κ3) is 2.77. The van der Waals surface area contributed by atoms with Gasteiger partial charge < -0.3 is 10.6 Å². The summed E-state index contributed by atoms with van der Waals surface area (Å²) in [6.45, 7) is 2.45. The highest BCUT2D eigenvalue weighted by atomic mass is 16.2. The minimum absolute atomic E-state index is 0.116. The van der Waals surface area contributed by atoms with Crippen LogP contribution in [-0.2, 0) is 9.59 Å². The van der Waals surface area contributed by atoms with Gasteiger partial charge in [0.05, 0.1) is 11.1 Å². The summed E-state index contributed by atoms with van der Waals surface area (Å²) in [7, 11) is 0. The first-order valence-corrected chi connectivity index (χ1v) is 10.2. The van der Waals surface area contributed by atoms with Crippen molar-refractivity contribution in [3.05, 3.63) is 29.3 Å². The average Bonchev–Trinajstić information content (AvgIpc) is 3.15. The molecule has 0 radical (unpaired) electrons. The minimum atomic E-state index is -0.935. The van der Waals surface area contributed by atoms with Crippen molar-refractivity contribution in [2.75, 3.05) is 24.5 Å². The Morgan fingerprint density at radius 2 is 1.90 bits per heavy atom. The molecule has 3 heterocycles. The zero-order valence-corrected chi connectivity index (χ0v) is 16.1. The maximum Gasteiger partial charge on any atom is 0.262 e. The Balaban J connectivity index is 1.43. The molecular formula is C21H24N4O4. The smallest absolute Gasteiger partial charge is 0.262 e. The second-order valence-corrected chi connectivity index (χ2v) is 8.87. The van der Waals surface area contributed by atoms with Gasteiger partial charge in [-0.2, -0.15) is 0 Å². The molecule has 29 heavy (non-hydrogen) atoms. The van der Waals surface area contributed by atoms with Gasteiger partial charge in [0.2, 0.25) is 11.8 Å². The monoisotopic (exact) mass is 396 g/mol. The summed E-state index contributed by atoms with van der Waals surface area (Å²) in [5.41, 5.74) is 7.78. The largest absolute Gasteiger partial charge is 0.371 e. The Morgan fingerprint density at radius 1 is 1.10 bits per heavy atom. The molecule has 2 bridgehead atoms. The SMILES string of the molecule is NCC12CCC(CN(c3ccc4c(c3)C(=O)N(C3CCC(=O)NC3=O)C4=O)C1)C2. The van der Waals surface area contributed by atoms with Gasteiger partial charge in [0.25, 0.3) is 11.8 Å². The fourth-order valence-corrected chi connectivity index (χ4v) is 5.51. The predicted molar refractivity (Wildman–Crippen MR) is 104 cm³/mol. The predicted octanol–water partition coefficient (Wildman–Crippen LogP) is 0.653. The van der Waals surface area contributed by atoms with E-state index in [1.807, 2.05) is 6.07 Å². The number of fused-ring (bicyclic) bond motifs is 3. The van der Waals surface area contributed by atoms with Gasteiger partial charge in [-0.05, 0) is 56.3 Å². The fourth-order valence-electron chi connectivity index (χ4n) is 5.51. The van der Waals surface area contributed by atoms with E-state index in [-0.39, 0.29) is 24.2 Å². The number of hydrogen-bond donors (Lipinski definition) is 2. The van der Waals surface area contributed by atoms with Crippen LogP contribution in [0.1, 0.15) is 52.8 Å². The lowest BCUT2D eigenvalue weighted by Crippen LogP contribution is -2.54. The van der Waals surface area contributed by atoms with Crippen LogP contribution in [0.2, 0.25) is 0 Å². The Labute approximate surface area is 168 Å². The second-order valence-electron chi connectivity index (χ2n) is 8.87. The summed E-state index contributed by atoms with van der Waals surface area (Å²) in [6.07, 6.45) is 3.75. The van der Waals surface area contributed by atoms with Crippen LogP contribution in [-0.4, -0.2) is 54.2 Å². The molecule has 4 amide bonds. The number of carbonyl (C=O) groups is 4. The van der Waals surface area contributed by atoms with E-state index in [0.717, 1.165) is 36.5 Å². The van der Waals surface area contributed by atoms with E-state index < -0.39 is 23.8 Å². The molecular weight excluding hydrogens is 372 g/mol. The number of nitrogens with zero attached hydrogens (tertiary/aromatic N) is 2. The molecule has 4 aliphatic rings. The molecule has 8 heteroatoms. The van der Waals surface area contributed by atoms with Crippen LogP contribution in [0.25, 0.3) is 0 Å². The number of amides is 4. The Hall–Kier alpha value is -2.74. The van der Waals surface area contributed by atoms with Crippen molar-refractivity contribution in [1.29, 1.82) is 0 Å². The number of carbonyl (C=O) groups excluding carboxylic acids is 4. The number of anilines is 1. The van der Waals surface area contributed by atoms with Crippen LogP contribution in [0.5, 0.6) is 0 Å². The number of hydrogen-bond acceptors (Lipinski definition) is 6. The number of nitrogens with two attached hydrogens (primary N) is 1. The first kappa shape index (κ1) is 18.3. The van der Waals surface area contributed by atoms with Crippen molar-refractivity contribution in [1.82, 2.24) is 10.2 Å². The Kier molecular flexibility index (Phi) is 4.03. The molecule has 0 aromatic heterocycles. The summed E-state index contributed by atoms with van der Waals surface area (Å²) in [6, 6.07) is 4.40. The number of rotatable bonds is 3. The van der Waals surface area contributed by atoms with Gasteiger partial charge in [-0.3, -0.25) is 29.4 Å². The quantitative estimate of drug-likeness (QED) is 0.726. The zero-order chi connectivity index (χ0) is 20.3. The molecule has 3 unspecified atom stereocenters. The van der Waals surface area contributed by atoms with Gasteiger partial charge in [-0.25, -0.2) is 0 Å². The molecule has 1 saturated carbocycles. The molecule has 152 valence electrons. The van der Waals surface area contributed by atoms with E-state index in [0.29, 0.717) is 23.6 Å². The molecule has 1 aromatic carbocycles. The highest BCUT2D eigenvalue weighted by Crippen LogP contribution is 2.47. The molecule has 3 aliphatic heterocycles. The van der Waals surface area contributed by atoms with E-state index in [9.17, 15) is 19.2 Å². The van der Waals surface area contributed by atoms with Crippen molar-refractivity contribution in [2.24, 2.45) is 17.1 Å². The van der Waals surface area contributed by atoms with Crippen LogP contribution in [0.4, 0.5) is 5.69 Å². The van der Waals surface area contributed by atoms with Crippen LogP contribution in [0, 0.1) is 11.3 Å². The number of nitrogens with one attached hydrogen (secondary N) is 1. The number of imide groups is 2. The second kappa shape index (κ2) is 6.38. The van der Waals surface area contributed by atoms with Crippen molar-refractivity contribution in [3.8, 4) is 0 Å². The number of piperidine rings is 2. The van der Waals surface area contributed by atoms with Gasteiger partial charge in [-0.1, -0.05) is 0 Å². The van der Waals surface area contributed by atoms with Gasteiger partial charge in [0.15, 0.2) is 0 Å². The van der Waals surface area contributed by atoms with Gasteiger partial charge >= 0.3 is 0 Å². The summed E-state index contributed by atoms with van der Waals surface area (Å²) in [5, 5.41) is 2.22. The summed E-state index contributed by atoms with van der Waals surface area (Å²) < 4.78 is 0. The third-order valence-electron chi connectivity index (χ3n) is 7.03. The van der Waals surface area contributed by atoms with E-state index in [1.165, 1.54) is 6.42 Å². The average molecular weight is 396 g/mol. The fraction of sp³-hybridized carbons (Fsp3) is 0.524. The zero-order valence-electron chi connectivity index (χ0n) is 16.1. The van der Waals surface area contributed by atoms with Crippen molar-refractivity contribution in [2.45, 2.75) is 38.1 Å². The summed E-state index contributed by atoms with van der Waals surface area (Å²) >= 11 is 0. The topological polar surface area (TPSA) is 113 Å². The lowest BCUT2D eigenvalue weighted by Gasteiger charge is -2.41. The van der Waals surface area contributed by atoms with Crippen LogP contribution < -0.4 is 16.0 Å². The maximum atomic E-state index is 13.0. The normalized spacial score (nSPS) is 31.3. The van der Waals surface area contributed by atoms with Crippen LogP contribution in [0.15, 0.2) is 18.2 Å². The summed E-state index contributed by atoms with van der Waals surface area (Å²) in [5.74, 6) is -1.29. The number of benzene rings is 1. The van der Waals surface area contributed by atoms with Gasteiger partial charge in [-0.15, -0.1) is 0 Å². The van der Waals surface area contributed by atoms with E-state index >= 15 is 0 Å². The van der Waals surface area contributed by atoms with Crippen LogP contribution >= 0.6 is 0 Å². The molecule has 8 nitrogen and oxygen atoms in total. The lowest BCUT2D eigenvalue weighted by atomic mass is 9.82. The third-order valence-corrected chi connectivity index (χ3v) is 7.03. The molecule has 0 spiro atoms. The standard InChI is InChI=1S/C21H24N4O4/c22-10-21-6-5-12(8-21)9-24(11-21)13-1-2-14-15(7-13)20(29)25(19(14)28)16-3-4-17(26)23-18(16)27/h1-2,7,12,16H,3-6,8-11,22H2,(H,23,26,27). The highest BCUT2D eigenvalue weighted by Gasteiger charge is 2.46. The Morgan fingerprint density at radius 3 is 2.66 bits per heavy atom. The minimum Gasteiger partial charge on any atom is -0.371 e. The molecule has 1 aromatic rings.